The highest BCUT2D eigenvalue weighted by Crippen LogP contribution is 2.28. The number of rotatable bonds is 1. The third-order valence-electron chi connectivity index (χ3n) is 2.71. The Kier molecular flexibility index (Phi) is 1.45. The van der Waals surface area contributed by atoms with Crippen LogP contribution in [0.25, 0.3) is 11.0 Å². The number of nitrogens with zero attached hydrogens (tertiary/aromatic N) is 1. The van der Waals surface area contributed by atoms with Crippen LogP contribution in [0.5, 0.6) is 0 Å². The monoisotopic (exact) mass is 189 g/mol. The van der Waals surface area contributed by atoms with Gasteiger partial charge in [0.05, 0.1) is 36.1 Å². The maximum absolute atomic E-state index is 6.12. The van der Waals surface area contributed by atoms with Gasteiger partial charge in [-0.05, 0) is 17.7 Å². The summed E-state index contributed by atoms with van der Waals surface area (Å²) in [6.45, 7) is 1.21. The summed E-state index contributed by atoms with van der Waals surface area (Å²) in [4.78, 5) is 7.23. The molecular formula is C10H11N3O. The molecule has 2 aromatic rings. The van der Waals surface area contributed by atoms with E-state index in [0.29, 0.717) is 13.2 Å². The molecule has 1 aliphatic heterocycles. The first kappa shape index (κ1) is 7.96. The van der Waals surface area contributed by atoms with Crippen molar-refractivity contribution >= 4 is 11.0 Å². The molecule has 2 heterocycles. The fraction of sp³-hybridized carbons (Fsp3) is 0.300. The maximum Gasteiger partial charge on any atom is 0.0931 e. The predicted molar refractivity (Wildman–Crippen MR) is 52.8 cm³/mol. The minimum absolute atomic E-state index is 0.292. The van der Waals surface area contributed by atoms with Crippen LogP contribution in [-0.2, 0) is 10.3 Å². The second-order valence-electron chi connectivity index (χ2n) is 3.78. The average Bonchev–Trinajstić information content (AvgIpc) is 2.60. The second-order valence-corrected chi connectivity index (χ2v) is 3.78. The molecule has 0 spiro atoms. The van der Waals surface area contributed by atoms with Gasteiger partial charge in [0.15, 0.2) is 0 Å². The lowest BCUT2D eigenvalue weighted by Crippen LogP contribution is -2.54. The lowest BCUT2D eigenvalue weighted by molar-refractivity contribution is -0.0568. The van der Waals surface area contributed by atoms with Gasteiger partial charge in [0, 0.05) is 0 Å². The van der Waals surface area contributed by atoms with Gasteiger partial charge in [0.25, 0.3) is 0 Å². The van der Waals surface area contributed by atoms with Crippen molar-refractivity contribution in [2.24, 2.45) is 5.73 Å². The first-order valence-electron chi connectivity index (χ1n) is 4.58. The van der Waals surface area contributed by atoms with Crippen LogP contribution in [0.4, 0.5) is 0 Å². The van der Waals surface area contributed by atoms with E-state index in [9.17, 15) is 0 Å². The molecule has 72 valence electrons. The van der Waals surface area contributed by atoms with Crippen LogP contribution < -0.4 is 5.73 Å². The summed E-state index contributed by atoms with van der Waals surface area (Å²) in [6.07, 6.45) is 1.69. The fourth-order valence-corrected chi connectivity index (χ4v) is 1.73. The molecule has 1 saturated heterocycles. The smallest absolute Gasteiger partial charge is 0.0931 e. The molecule has 3 rings (SSSR count). The van der Waals surface area contributed by atoms with Crippen molar-refractivity contribution in [3.05, 3.63) is 30.1 Å². The standard InChI is InChI=1S/C10H11N3O/c11-10(4-14-5-10)7-1-2-8-9(3-7)13-6-12-8/h1-3,6H,4-5,11H2,(H,12,13). The van der Waals surface area contributed by atoms with E-state index in [4.69, 9.17) is 10.5 Å². The number of nitrogens with one attached hydrogen (secondary N) is 1. The molecular weight excluding hydrogens is 178 g/mol. The third kappa shape index (κ3) is 0.981. The summed E-state index contributed by atoms with van der Waals surface area (Å²) in [5.41, 5.74) is 8.94. The van der Waals surface area contributed by atoms with E-state index >= 15 is 0 Å². The lowest BCUT2D eigenvalue weighted by Gasteiger charge is -2.38. The van der Waals surface area contributed by atoms with E-state index in [2.05, 4.69) is 9.97 Å². The highest BCUT2D eigenvalue weighted by molar-refractivity contribution is 5.75. The zero-order chi connectivity index (χ0) is 9.60. The Balaban J connectivity index is 2.13. The molecule has 1 fully saturated rings. The molecule has 0 saturated carbocycles. The van der Waals surface area contributed by atoms with Crippen LogP contribution in [0.3, 0.4) is 0 Å². The van der Waals surface area contributed by atoms with E-state index in [0.717, 1.165) is 16.6 Å². The van der Waals surface area contributed by atoms with Gasteiger partial charge in [-0.15, -0.1) is 0 Å². The van der Waals surface area contributed by atoms with Gasteiger partial charge in [-0.25, -0.2) is 4.98 Å². The third-order valence-corrected chi connectivity index (χ3v) is 2.71. The highest BCUT2D eigenvalue weighted by atomic mass is 16.5. The van der Waals surface area contributed by atoms with Gasteiger partial charge >= 0.3 is 0 Å². The summed E-state index contributed by atoms with van der Waals surface area (Å²) < 4.78 is 5.13. The molecule has 4 nitrogen and oxygen atoms in total. The lowest BCUT2D eigenvalue weighted by atomic mass is 9.89. The zero-order valence-corrected chi connectivity index (χ0v) is 7.66. The van der Waals surface area contributed by atoms with Crippen molar-refractivity contribution < 1.29 is 4.74 Å². The largest absolute Gasteiger partial charge is 0.377 e. The van der Waals surface area contributed by atoms with Crippen LogP contribution in [0.2, 0.25) is 0 Å². The molecule has 4 heteroatoms. The number of nitrogens with two attached hydrogens (primary N) is 1. The van der Waals surface area contributed by atoms with Gasteiger partial charge in [-0.1, -0.05) is 6.07 Å². The molecule has 0 amide bonds. The van der Waals surface area contributed by atoms with E-state index in [-0.39, 0.29) is 5.54 Å². The normalized spacial score (nSPS) is 19.5. The summed E-state index contributed by atoms with van der Waals surface area (Å²) >= 11 is 0. The number of ether oxygens (including phenoxy) is 1. The molecule has 0 unspecified atom stereocenters. The minimum atomic E-state index is -0.292. The van der Waals surface area contributed by atoms with Crippen molar-refractivity contribution in [1.29, 1.82) is 0 Å². The summed E-state index contributed by atoms with van der Waals surface area (Å²) in [7, 11) is 0. The minimum Gasteiger partial charge on any atom is -0.377 e. The Bertz CT molecular complexity index is 473. The van der Waals surface area contributed by atoms with E-state index in [1.165, 1.54) is 0 Å². The van der Waals surface area contributed by atoms with Crippen molar-refractivity contribution in [1.82, 2.24) is 9.97 Å². The van der Waals surface area contributed by atoms with Crippen LogP contribution in [0.1, 0.15) is 5.56 Å². The van der Waals surface area contributed by atoms with Gasteiger partial charge in [-0.2, -0.15) is 0 Å². The molecule has 1 aromatic heterocycles. The summed E-state index contributed by atoms with van der Waals surface area (Å²) in [5, 5.41) is 0. The number of aromatic nitrogens is 2. The van der Waals surface area contributed by atoms with Crippen molar-refractivity contribution in [3.8, 4) is 0 Å². The number of imidazole rings is 1. The number of H-pyrrole nitrogens is 1. The Hall–Kier alpha value is -1.39. The zero-order valence-electron chi connectivity index (χ0n) is 7.66. The Morgan fingerprint density at radius 2 is 2.29 bits per heavy atom. The molecule has 14 heavy (non-hydrogen) atoms. The Morgan fingerprint density at radius 3 is 3.00 bits per heavy atom. The number of hydrogen-bond acceptors (Lipinski definition) is 3. The molecule has 3 N–H and O–H groups in total. The molecule has 1 aliphatic rings. The van der Waals surface area contributed by atoms with Gasteiger partial charge in [0.2, 0.25) is 0 Å². The summed E-state index contributed by atoms with van der Waals surface area (Å²) in [6, 6.07) is 6.05. The number of hydrogen-bond donors (Lipinski definition) is 2. The second kappa shape index (κ2) is 2.56. The first-order chi connectivity index (χ1) is 6.78. The van der Waals surface area contributed by atoms with Crippen molar-refractivity contribution in [3.63, 3.8) is 0 Å². The van der Waals surface area contributed by atoms with Crippen molar-refractivity contribution in [2.75, 3.05) is 13.2 Å². The molecule has 0 radical (unpaired) electrons. The average molecular weight is 189 g/mol. The van der Waals surface area contributed by atoms with E-state index in [1.807, 2.05) is 18.2 Å². The van der Waals surface area contributed by atoms with Crippen LogP contribution >= 0.6 is 0 Å². The predicted octanol–water partition coefficient (Wildman–Crippen LogP) is 0.747. The van der Waals surface area contributed by atoms with Gasteiger partial charge in [-0.3, -0.25) is 0 Å². The summed E-state index contributed by atoms with van der Waals surface area (Å²) in [5.74, 6) is 0. The van der Waals surface area contributed by atoms with Crippen LogP contribution in [-0.4, -0.2) is 23.2 Å². The Labute approximate surface area is 81.1 Å². The fourth-order valence-electron chi connectivity index (χ4n) is 1.73. The highest BCUT2D eigenvalue weighted by Gasteiger charge is 2.36. The number of aromatic amines is 1. The topological polar surface area (TPSA) is 63.9 Å². The Morgan fingerprint density at radius 1 is 1.43 bits per heavy atom. The van der Waals surface area contributed by atoms with Gasteiger partial charge < -0.3 is 15.5 Å². The quantitative estimate of drug-likeness (QED) is 0.695. The molecule has 1 aromatic carbocycles. The molecule has 0 atom stereocenters. The first-order valence-corrected chi connectivity index (χ1v) is 4.58. The van der Waals surface area contributed by atoms with Crippen molar-refractivity contribution in [2.45, 2.75) is 5.54 Å². The van der Waals surface area contributed by atoms with Crippen LogP contribution in [0.15, 0.2) is 24.5 Å². The maximum atomic E-state index is 6.12. The van der Waals surface area contributed by atoms with E-state index in [1.54, 1.807) is 6.33 Å². The van der Waals surface area contributed by atoms with Gasteiger partial charge in [0.1, 0.15) is 0 Å². The molecule has 0 bridgehead atoms. The molecule has 0 aliphatic carbocycles. The SMILES string of the molecule is NC1(c2ccc3nc[nH]c3c2)COC1. The van der Waals surface area contributed by atoms with Crippen LogP contribution in [0, 0.1) is 0 Å². The number of benzene rings is 1. The number of fused-ring (bicyclic) bond motifs is 1. The van der Waals surface area contributed by atoms with E-state index < -0.39 is 0 Å².